The van der Waals surface area contributed by atoms with Gasteiger partial charge in [-0.25, -0.2) is 4.39 Å². The largest absolute Gasteiger partial charge is 0.391 e. The molecule has 2 heterocycles. The van der Waals surface area contributed by atoms with Crippen LogP contribution in [-0.2, 0) is 4.79 Å². The number of halogens is 1. The maximum absolute atomic E-state index is 13.1. The molecule has 2 aromatic carbocycles. The highest BCUT2D eigenvalue weighted by Gasteiger charge is 2.31. The second-order valence-corrected chi connectivity index (χ2v) is 7.46. The lowest BCUT2D eigenvalue weighted by Crippen LogP contribution is -2.45. The van der Waals surface area contributed by atoms with Crippen LogP contribution in [0.15, 0.2) is 48.5 Å². The number of amides is 2. The zero-order valence-corrected chi connectivity index (χ0v) is 15.6. The number of anilines is 1. The average molecular weight is 382 g/mol. The van der Waals surface area contributed by atoms with Gasteiger partial charge in [-0.2, -0.15) is 0 Å². The average Bonchev–Trinajstić information content (AvgIpc) is 3.14. The zero-order valence-electron chi connectivity index (χ0n) is 15.6. The van der Waals surface area contributed by atoms with Crippen LogP contribution in [-0.4, -0.2) is 47.6 Å². The van der Waals surface area contributed by atoms with Crippen molar-refractivity contribution in [1.82, 2.24) is 4.90 Å². The molecule has 0 radical (unpaired) electrons. The Morgan fingerprint density at radius 3 is 2.36 bits per heavy atom. The van der Waals surface area contributed by atoms with E-state index in [-0.39, 0.29) is 30.1 Å². The van der Waals surface area contributed by atoms with Gasteiger partial charge in [0, 0.05) is 43.2 Å². The van der Waals surface area contributed by atoms with Gasteiger partial charge in [-0.15, -0.1) is 0 Å². The van der Waals surface area contributed by atoms with E-state index >= 15 is 0 Å². The Kier molecular flexibility index (Phi) is 5.13. The first kappa shape index (κ1) is 18.6. The molecule has 146 valence electrons. The van der Waals surface area contributed by atoms with Crippen LogP contribution >= 0.6 is 0 Å². The van der Waals surface area contributed by atoms with Crippen LogP contribution in [0.25, 0.3) is 0 Å². The van der Waals surface area contributed by atoms with E-state index in [1.54, 1.807) is 46.2 Å². The molecule has 0 unspecified atom stereocenters. The quantitative estimate of drug-likeness (QED) is 0.888. The number of rotatable bonds is 3. The molecule has 6 heteroatoms. The Labute approximate surface area is 163 Å². The van der Waals surface area contributed by atoms with Gasteiger partial charge in [0.2, 0.25) is 5.91 Å². The summed E-state index contributed by atoms with van der Waals surface area (Å²) in [6.07, 6.45) is 1.37. The molecule has 0 bridgehead atoms. The number of nitrogens with zero attached hydrogens (tertiary/aromatic N) is 2. The molecule has 2 saturated heterocycles. The van der Waals surface area contributed by atoms with Crippen molar-refractivity contribution in [3.63, 3.8) is 0 Å². The summed E-state index contributed by atoms with van der Waals surface area (Å²) in [7, 11) is 0. The predicted octanol–water partition coefficient (Wildman–Crippen LogP) is 2.94. The number of β-amino-alcohol motifs (C(OH)–C–C–N with tert-alkyl or cyclic N) is 1. The molecule has 2 amide bonds. The summed E-state index contributed by atoms with van der Waals surface area (Å²) in [5, 5.41) is 10.5. The molecule has 5 nitrogen and oxygen atoms in total. The van der Waals surface area contributed by atoms with Crippen LogP contribution in [0.1, 0.15) is 41.1 Å². The van der Waals surface area contributed by atoms with Crippen molar-refractivity contribution in [1.29, 1.82) is 0 Å². The standard InChI is InChI=1S/C22H23FN2O3/c23-17-7-3-15(4-8-17)19-11-13-24(14-20(19)26)22(28)16-5-9-18(10-6-16)25-12-1-2-21(25)27/h3-10,19-20,26H,1-2,11-14H2/t19-,20+/m0/s1. The van der Waals surface area contributed by atoms with Gasteiger partial charge in [0.05, 0.1) is 6.10 Å². The summed E-state index contributed by atoms with van der Waals surface area (Å²) in [5.41, 5.74) is 2.25. The highest BCUT2D eigenvalue weighted by atomic mass is 19.1. The monoisotopic (exact) mass is 382 g/mol. The lowest BCUT2D eigenvalue weighted by Gasteiger charge is -2.36. The van der Waals surface area contributed by atoms with Crippen molar-refractivity contribution >= 4 is 17.5 Å². The third-order valence-corrected chi connectivity index (χ3v) is 5.67. The molecule has 2 aliphatic rings. The van der Waals surface area contributed by atoms with Crippen LogP contribution in [0.4, 0.5) is 10.1 Å². The van der Waals surface area contributed by atoms with Gasteiger partial charge in [-0.1, -0.05) is 12.1 Å². The first-order chi connectivity index (χ1) is 13.5. The van der Waals surface area contributed by atoms with Gasteiger partial charge in [-0.05, 0) is 54.8 Å². The van der Waals surface area contributed by atoms with Gasteiger partial charge in [-0.3, -0.25) is 9.59 Å². The van der Waals surface area contributed by atoms with Crippen molar-refractivity contribution in [2.45, 2.75) is 31.3 Å². The first-order valence-corrected chi connectivity index (χ1v) is 9.66. The second-order valence-electron chi connectivity index (χ2n) is 7.46. The molecular formula is C22H23FN2O3. The number of likely N-dealkylation sites (tertiary alicyclic amines) is 1. The minimum atomic E-state index is -0.690. The van der Waals surface area contributed by atoms with Crippen molar-refractivity contribution < 1.29 is 19.1 Å². The number of carbonyl (C=O) groups is 2. The Morgan fingerprint density at radius 2 is 1.75 bits per heavy atom. The van der Waals surface area contributed by atoms with E-state index in [0.717, 1.165) is 24.2 Å². The number of piperidine rings is 1. The van der Waals surface area contributed by atoms with Gasteiger partial charge >= 0.3 is 0 Å². The highest BCUT2D eigenvalue weighted by Crippen LogP contribution is 2.29. The number of carbonyl (C=O) groups excluding carboxylic acids is 2. The second kappa shape index (κ2) is 7.72. The predicted molar refractivity (Wildman–Crippen MR) is 104 cm³/mol. The molecule has 0 aliphatic carbocycles. The SMILES string of the molecule is O=C(c1ccc(N2CCCC2=O)cc1)N1CC[C@@H](c2ccc(F)cc2)[C@H](O)C1. The van der Waals surface area contributed by atoms with E-state index in [1.807, 2.05) is 0 Å². The fourth-order valence-corrected chi connectivity index (χ4v) is 4.10. The van der Waals surface area contributed by atoms with E-state index in [4.69, 9.17) is 0 Å². The maximum Gasteiger partial charge on any atom is 0.253 e. The molecule has 1 N–H and O–H groups in total. The number of aliphatic hydroxyl groups is 1. The number of hydrogen-bond acceptors (Lipinski definition) is 3. The van der Waals surface area contributed by atoms with E-state index in [2.05, 4.69) is 0 Å². The summed E-state index contributed by atoms with van der Waals surface area (Å²) < 4.78 is 13.1. The Bertz CT molecular complexity index is 866. The molecule has 2 aromatic rings. The molecule has 2 aliphatic heterocycles. The minimum absolute atomic E-state index is 0.104. The van der Waals surface area contributed by atoms with Crippen LogP contribution < -0.4 is 4.90 Å². The van der Waals surface area contributed by atoms with Crippen molar-refractivity contribution in [3.8, 4) is 0 Å². The van der Waals surface area contributed by atoms with Crippen LogP contribution in [0.5, 0.6) is 0 Å². The van der Waals surface area contributed by atoms with Crippen LogP contribution in [0, 0.1) is 5.82 Å². The van der Waals surface area contributed by atoms with Crippen LogP contribution in [0.2, 0.25) is 0 Å². The molecule has 0 spiro atoms. The van der Waals surface area contributed by atoms with Gasteiger partial charge in [0.1, 0.15) is 5.82 Å². The molecule has 2 atom stereocenters. The highest BCUT2D eigenvalue weighted by molar-refractivity contribution is 5.97. The van der Waals surface area contributed by atoms with Crippen molar-refractivity contribution in [2.75, 3.05) is 24.5 Å². The Balaban J connectivity index is 1.41. The summed E-state index contributed by atoms with van der Waals surface area (Å²) >= 11 is 0. The Morgan fingerprint density at radius 1 is 1.04 bits per heavy atom. The number of hydrogen-bond donors (Lipinski definition) is 1. The molecule has 2 fully saturated rings. The molecular weight excluding hydrogens is 359 g/mol. The van der Waals surface area contributed by atoms with Gasteiger partial charge < -0.3 is 14.9 Å². The smallest absolute Gasteiger partial charge is 0.253 e. The first-order valence-electron chi connectivity index (χ1n) is 9.66. The lowest BCUT2D eigenvalue weighted by atomic mass is 9.87. The molecule has 28 heavy (non-hydrogen) atoms. The fraction of sp³-hybridized carbons (Fsp3) is 0.364. The van der Waals surface area contributed by atoms with E-state index in [9.17, 15) is 19.1 Å². The number of aliphatic hydroxyl groups excluding tert-OH is 1. The fourth-order valence-electron chi connectivity index (χ4n) is 4.10. The maximum atomic E-state index is 13.1. The van der Waals surface area contributed by atoms with Gasteiger partial charge in [0.25, 0.3) is 5.91 Å². The molecule has 4 rings (SSSR count). The minimum Gasteiger partial charge on any atom is -0.391 e. The van der Waals surface area contributed by atoms with Crippen molar-refractivity contribution in [2.24, 2.45) is 0 Å². The number of benzene rings is 2. The lowest BCUT2D eigenvalue weighted by molar-refractivity contribution is -0.117. The van der Waals surface area contributed by atoms with E-state index in [0.29, 0.717) is 24.9 Å². The Hall–Kier alpha value is -2.73. The summed E-state index contributed by atoms with van der Waals surface area (Å²) in [6.45, 7) is 1.49. The molecule has 0 saturated carbocycles. The molecule has 0 aromatic heterocycles. The third-order valence-electron chi connectivity index (χ3n) is 5.67. The van der Waals surface area contributed by atoms with E-state index < -0.39 is 6.10 Å². The summed E-state index contributed by atoms with van der Waals surface area (Å²) in [5.74, 6) is -0.417. The topological polar surface area (TPSA) is 60.9 Å². The van der Waals surface area contributed by atoms with Crippen LogP contribution in [0.3, 0.4) is 0 Å². The summed E-state index contributed by atoms with van der Waals surface area (Å²) in [6, 6.07) is 13.3. The normalized spacial score (nSPS) is 22.6. The third kappa shape index (κ3) is 3.64. The summed E-state index contributed by atoms with van der Waals surface area (Å²) in [4.78, 5) is 28.1. The van der Waals surface area contributed by atoms with E-state index in [1.165, 1.54) is 12.1 Å². The zero-order chi connectivity index (χ0) is 19.7. The van der Waals surface area contributed by atoms with Crippen molar-refractivity contribution in [3.05, 3.63) is 65.5 Å². The van der Waals surface area contributed by atoms with Gasteiger partial charge in [0.15, 0.2) is 0 Å².